The van der Waals surface area contributed by atoms with E-state index in [2.05, 4.69) is 32.7 Å². The Morgan fingerprint density at radius 1 is 1.15 bits per heavy atom. The molecule has 0 saturated carbocycles. The van der Waals surface area contributed by atoms with Crippen molar-refractivity contribution in [2.24, 2.45) is 4.99 Å². The van der Waals surface area contributed by atoms with Crippen molar-refractivity contribution in [2.45, 2.75) is 19.5 Å². The molecule has 0 saturated heterocycles. The quantitative estimate of drug-likeness (QED) is 0.579. The maximum Gasteiger partial charge on any atom is 0.191 e. The maximum absolute atomic E-state index is 13.4. The number of benzene rings is 2. The van der Waals surface area contributed by atoms with E-state index in [4.69, 9.17) is 4.74 Å². The van der Waals surface area contributed by atoms with Gasteiger partial charge < -0.3 is 20.3 Å². The minimum Gasteiger partial charge on any atom is -0.497 e. The number of hydrogen-bond donors (Lipinski definition) is 2. The molecule has 1 unspecified atom stereocenters. The van der Waals surface area contributed by atoms with Crippen LogP contribution in [0.3, 0.4) is 0 Å². The Kier molecular flexibility index (Phi) is 7.61. The highest BCUT2D eigenvalue weighted by Gasteiger charge is 2.15. The largest absolute Gasteiger partial charge is 0.497 e. The van der Waals surface area contributed by atoms with Crippen molar-refractivity contribution < 1.29 is 9.13 Å². The summed E-state index contributed by atoms with van der Waals surface area (Å²) in [6.45, 7) is 3.04. The van der Waals surface area contributed by atoms with E-state index >= 15 is 0 Å². The van der Waals surface area contributed by atoms with Gasteiger partial charge in [0.15, 0.2) is 5.96 Å². The highest BCUT2D eigenvalue weighted by atomic mass is 19.1. The number of halogens is 1. The summed E-state index contributed by atoms with van der Waals surface area (Å²) in [5.41, 5.74) is 2.85. The molecule has 0 bridgehead atoms. The molecule has 0 aliphatic carbocycles. The highest BCUT2D eigenvalue weighted by Crippen LogP contribution is 2.20. The van der Waals surface area contributed by atoms with Gasteiger partial charge in [0.1, 0.15) is 11.6 Å². The number of ether oxygens (including phenoxy) is 1. The van der Waals surface area contributed by atoms with Gasteiger partial charge in [0.25, 0.3) is 0 Å². The summed E-state index contributed by atoms with van der Waals surface area (Å²) in [5, 5.41) is 6.64. The standard InChI is InChI=1S/C21H29FN4O/c1-15-12-16(6-11-19(15)22)13-24-21(23-2)25-14-20(26(3)4)17-7-9-18(27-5)10-8-17/h6-12,20H,13-14H2,1-5H3,(H2,23,24,25). The molecule has 2 rings (SSSR count). The van der Waals surface area contributed by atoms with Crippen LogP contribution >= 0.6 is 0 Å². The van der Waals surface area contributed by atoms with Crippen molar-refractivity contribution in [3.63, 3.8) is 0 Å². The maximum atomic E-state index is 13.4. The zero-order chi connectivity index (χ0) is 19.8. The van der Waals surface area contributed by atoms with Crippen LogP contribution in [-0.2, 0) is 6.54 Å². The summed E-state index contributed by atoms with van der Waals surface area (Å²) in [6.07, 6.45) is 0. The number of hydrogen-bond acceptors (Lipinski definition) is 3. The number of rotatable bonds is 7. The Hall–Kier alpha value is -2.60. The zero-order valence-electron chi connectivity index (χ0n) is 16.7. The number of aryl methyl sites for hydroxylation is 1. The molecule has 27 heavy (non-hydrogen) atoms. The van der Waals surface area contributed by atoms with Gasteiger partial charge in [-0.1, -0.05) is 24.3 Å². The molecule has 0 aliphatic rings. The topological polar surface area (TPSA) is 48.9 Å². The molecule has 0 fully saturated rings. The third kappa shape index (κ3) is 5.96. The first-order chi connectivity index (χ1) is 12.9. The lowest BCUT2D eigenvalue weighted by molar-refractivity contribution is 0.298. The lowest BCUT2D eigenvalue weighted by Gasteiger charge is -2.26. The van der Waals surface area contributed by atoms with Crippen LogP contribution in [0, 0.1) is 12.7 Å². The fraction of sp³-hybridized carbons (Fsp3) is 0.381. The lowest BCUT2D eigenvalue weighted by Crippen LogP contribution is -2.41. The Bertz CT molecular complexity index is 759. The van der Waals surface area contributed by atoms with Crippen molar-refractivity contribution in [2.75, 3.05) is 34.8 Å². The van der Waals surface area contributed by atoms with Gasteiger partial charge in [-0.25, -0.2) is 4.39 Å². The third-order valence-corrected chi connectivity index (χ3v) is 4.49. The van der Waals surface area contributed by atoms with Crippen LogP contribution in [0.1, 0.15) is 22.7 Å². The first kappa shape index (κ1) is 20.7. The molecule has 0 spiro atoms. The summed E-state index contributed by atoms with van der Waals surface area (Å²) in [4.78, 5) is 6.44. The number of nitrogens with one attached hydrogen (secondary N) is 2. The molecule has 2 aromatic carbocycles. The summed E-state index contributed by atoms with van der Waals surface area (Å²) in [6, 6.07) is 13.4. The molecule has 2 N–H and O–H groups in total. The average molecular weight is 372 g/mol. The predicted molar refractivity (Wildman–Crippen MR) is 109 cm³/mol. The normalized spacial score (nSPS) is 12.8. The Morgan fingerprint density at radius 3 is 2.41 bits per heavy atom. The van der Waals surface area contributed by atoms with Crippen molar-refractivity contribution in [1.29, 1.82) is 0 Å². The molecule has 0 heterocycles. The van der Waals surface area contributed by atoms with E-state index in [0.717, 1.165) is 11.3 Å². The van der Waals surface area contributed by atoms with Gasteiger partial charge in [0.2, 0.25) is 0 Å². The SMILES string of the molecule is CN=C(NCc1ccc(F)c(C)c1)NCC(c1ccc(OC)cc1)N(C)C. The third-order valence-electron chi connectivity index (χ3n) is 4.49. The highest BCUT2D eigenvalue weighted by molar-refractivity contribution is 5.79. The molecule has 0 radical (unpaired) electrons. The number of methoxy groups -OCH3 is 1. The van der Waals surface area contributed by atoms with Crippen molar-refractivity contribution in [3.05, 3.63) is 65.0 Å². The zero-order valence-corrected chi connectivity index (χ0v) is 16.7. The van der Waals surface area contributed by atoms with Gasteiger partial charge in [0, 0.05) is 20.1 Å². The molecule has 5 nitrogen and oxygen atoms in total. The van der Waals surface area contributed by atoms with Gasteiger partial charge in [-0.3, -0.25) is 4.99 Å². The van der Waals surface area contributed by atoms with E-state index in [0.29, 0.717) is 24.6 Å². The minimum absolute atomic E-state index is 0.183. The van der Waals surface area contributed by atoms with Gasteiger partial charge in [-0.15, -0.1) is 0 Å². The number of likely N-dealkylation sites (N-methyl/N-ethyl adjacent to an activating group) is 1. The van der Waals surface area contributed by atoms with E-state index in [9.17, 15) is 4.39 Å². The van der Waals surface area contributed by atoms with Gasteiger partial charge in [-0.2, -0.15) is 0 Å². The van der Waals surface area contributed by atoms with Crippen LogP contribution < -0.4 is 15.4 Å². The van der Waals surface area contributed by atoms with E-state index in [1.165, 1.54) is 11.6 Å². The summed E-state index contributed by atoms with van der Waals surface area (Å²) in [7, 11) is 7.50. The molecule has 146 valence electrons. The molecular weight excluding hydrogens is 343 g/mol. The van der Waals surface area contributed by atoms with Crippen LogP contribution in [0.25, 0.3) is 0 Å². The number of guanidine groups is 1. The Balaban J connectivity index is 1.96. The second kappa shape index (κ2) is 9.92. The first-order valence-electron chi connectivity index (χ1n) is 8.94. The van der Waals surface area contributed by atoms with Crippen LogP contribution in [0.2, 0.25) is 0 Å². The smallest absolute Gasteiger partial charge is 0.191 e. The van der Waals surface area contributed by atoms with Crippen molar-refractivity contribution in [1.82, 2.24) is 15.5 Å². The fourth-order valence-electron chi connectivity index (χ4n) is 2.84. The van der Waals surface area contributed by atoms with Crippen LogP contribution in [-0.4, -0.2) is 45.7 Å². The second-order valence-electron chi connectivity index (χ2n) is 6.64. The Morgan fingerprint density at radius 2 is 1.85 bits per heavy atom. The van der Waals surface area contributed by atoms with E-state index in [1.54, 1.807) is 27.1 Å². The predicted octanol–water partition coefficient (Wildman–Crippen LogP) is 3.11. The van der Waals surface area contributed by atoms with E-state index in [1.807, 2.05) is 32.3 Å². The monoisotopic (exact) mass is 372 g/mol. The number of nitrogens with zero attached hydrogens (tertiary/aromatic N) is 2. The van der Waals surface area contributed by atoms with Gasteiger partial charge >= 0.3 is 0 Å². The van der Waals surface area contributed by atoms with E-state index < -0.39 is 0 Å². The summed E-state index contributed by atoms with van der Waals surface area (Å²) in [5.74, 6) is 1.36. The molecule has 6 heteroatoms. The lowest BCUT2D eigenvalue weighted by atomic mass is 10.1. The van der Waals surface area contributed by atoms with Crippen LogP contribution in [0.4, 0.5) is 4.39 Å². The molecular formula is C21H29FN4O. The number of aliphatic imine (C=N–C) groups is 1. The van der Waals surface area contributed by atoms with Crippen molar-refractivity contribution >= 4 is 5.96 Å². The summed E-state index contributed by atoms with van der Waals surface area (Å²) >= 11 is 0. The van der Waals surface area contributed by atoms with Crippen molar-refractivity contribution in [3.8, 4) is 5.75 Å². The molecule has 2 aromatic rings. The average Bonchev–Trinajstić information content (AvgIpc) is 2.67. The van der Waals surface area contributed by atoms with Gasteiger partial charge in [-0.05, 0) is 55.9 Å². The first-order valence-corrected chi connectivity index (χ1v) is 8.94. The fourth-order valence-corrected chi connectivity index (χ4v) is 2.84. The van der Waals surface area contributed by atoms with Crippen LogP contribution in [0.5, 0.6) is 5.75 Å². The minimum atomic E-state index is -0.186. The van der Waals surface area contributed by atoms with Crippen LogP contribution in [0.15, 0.2) is 47.5 Å². The molecule has 0 aromatic heterocycles. The summed E-state index contributed by atoms with van der Waals surface area (Å²) < 4.78 is 18.6. The molecule has 1 atom stereocenters. The van der Waals surface area contributed by atoms with E-state index in [-0.39, 0.29) is 11.9 Å². The molecule has 0 aliphatic heterocycles. The molecule has 0 amide bonds. The Labute approximate surface area is 161 Å². The van der Waals surface area contributed by atoms with Gasteiger partial charge in [0.05, 0.1) is 13.2 Å². The second-order valence-corrected chi connectivity index (χ2v) is 6.64.